The number of nitrogens with zero attached hydrogens (tertiary/aromatic N) is 2. The number of hydrogen-bond donors (Lipinski definition) is 1. The fraction of sp³-hybridized carbons (Fsp3) is 0.588. The average molecular weight is 271 g/mol. The molecule has 0 bridgehead atoms. The summed E-state index contributed by atoms with van der Waals surface area (Å²) in [5.41, 5.74) is 2.36. The van der Waals surface area contributed by atoms with Gasteiger partial charge in [0.05, 0.1) is 11.0 Å². The normalized spacial score (nSPS) is 23.3. The molecule has 20 heavy (non-hydrogen) atoms. The first-order valence-corrected chi connectivity index (χ1v) is 7.89. The highest BCUT2D eigenvalue weighted by molar-refractivity contribution is 5.75. The van der Waals surface area contributed by atoms with E-state index in [4.69, 9.17) is 0 Å². The van der Waals surface area contributed by atoms with Crippen molar-refractivity contribution in [3.8, 4) is 0 Å². The van der Waals surface area contributed by atoms with Gasteiger partial charge in [-0.25, -0.2) is 4.98 Å². The predicted molar refractivity (Wildman–Crippen MR) is 83.9 cm³/mol. The summed E-state index contributed by atoms with van der Waals surface area (Å²) in [6.07, 6.45) is 5.47. The summed E-state index contributed by atoms with van der Waals surface area (Å²) in [6, 6.07) is 9.12. The first kappa shape index (κ1) is 13.6. The Balaban J connectivity index is 1.61. The number of fused-ring (bicyclic) bond motifs is 1. The van der Waals surface area contributed by atoms with Gasteiger partial charge in [-0.2, -0.15) is 0 Å². The molecule has 2 unspecified atom stereocenters. The Kier molecular flexibility index (Phi) is 4.06. The van der Waals surface area contributed by atoms with E-state index in [0.717, 1.165) is 30.3 Å². The molecule has 1 aromatic heterocycles. The highest BCUT2D eigenvalue weighted by atomic mass is 15.1. The SMILES string of the molecule is Cc1nc2ccccc2n1CCNC1CCCC(C)C1. The monoisotopic (exact) mass is 271 g/mol. The number of para-hydroxylation sites is 2. The minimum Gasteiger partial charge on any atom is -0.327 e. The van der Waals surface area contributed by atoms with E-state index < -0.39 is 0 Å². The highest BCUT2D eigenvalue weighted by Gasteiger charge is 2.18. The van der Waals surface area contributed by atoms with Gasteiger partial charge in [-0.05, 0) is 37.8 Å². The molecular weight excluding hydrogens is 246 g/mol. The maximum atomic E-state index is 4.63. The van der Waals surface area contributed by atoms with Crippen molar-refractivity contribution in [2.75, 3.05) is 6.54 Å². The summed E-state index contributed by atoms with van der Waals surface area (Å²) in [5, 5.41) is 3.73. The zero-order chi connectivity index (χ0) is 13.9. The maximum Gasteiger partial charge on any atom is 0.106 e. The lowest BCUT2D eigenvalue weighted by Gasteiger charge is -2.27. The van der Waals surface area contributed by atoms with E-state index >= 15 is 0 Å². The molecule has 1 aromatic carbocycles. The number of hydrogen-bond acceptors (Lipinski definition) is 2. The summed E-state index contributed by atoms with van der Waals surface area (Å²) in [6.45, 7) is 6.53. The molecule has 1 fully saturated rings. The van der Waals surface area contributed by atoms with E-state index in [1.165, 1.54) is 31.2 Å². The van der Waals surface area contributed by atoms with Crippen molar-refractivity contribution in [1.29, 1.82) is 0 Å². The van der Waals surface area contributed by atoms with E-state index in [0.29, 0.717) is 6.04 Å². The van der Waals surface area contributed by atoms with Crippen LogP contribution in [0, 0.1) is 12.8 Å². The molecule has 0 saturated heterocycles. The van der Waals surface area contributed by atoms with E-state index in [1.54, 1.807) is 0 Å². The number of nitrogens with one attached hydrogen (secondary N) is 1. The third kappa shape index (κ3) is 2.88. The third-order valence-electron chi connectivity index (χ3n) is 4.55. The topological polar surface area (TPSA) is 29.9 Å². The third-order valence-corrected chi connectivity index (χ3v) is 4.55. The van der Waals surface area contributed by atoms with Crippen molar-refractivity contribution in [3.05, 3.63) is 30.1 Å². The second-order valence-corrected chi connectivity index (χ2v) is 6.22. The van der Waals surface area contributed by atoms with Crippen LogP contribution in [0.4, 0.5) is 0 Å². The standard InChI is InChI=1S/C17H25N3/c1-13-6-5-7-15(12-13)18-10-11-20-14(2)19-16-8-3-4-9-17(16)20/h3-4,8-9,13,15,18H,5-7,10-12H2,1-2H3. The molecule has 3 heteroatoms. The van der Waals surface area contributed by atoms with Crippen LogP contribution in [0.3, 0.4) is 0 Å². The number of imidazole rings is 1. The number of rotatable bonds is 4. The second-order valence-electron chi connectivity index (χ2n) is 6.22. The lowest BCUT2D eigenvalue weighted by molar-refractivity contribution is 0.299. The van der Waals surface area contributed by atoms with E-state index in [1.807, 2.05) is 0 Å². The molecule has 1 N–H and O–H groups in total. The van der Waals surface area contributed by atoms with Crippen LogP contribution in [-0.2, 0) is 6.54 Å². The molecule has 2 atom stereocenters. The van der Waals surface area contributed by atoms with Gasteiger partial charge in [0.2, 0.25) is 0 Å². The van der Waals surface area contributed by atoms with Gasteiger partial charge in [-0.15, -0.1) is 0 Å². The summed E-state index contributed by atoms with van der Waals surface area (Å²) in [5.74, 6) is 2.00. The molecule has 0 amide bonds. The average Bonchev–Trinajstić information content (AvgIpc) is 2.75. The molecule has 0 spiro atoms. The largest absolute Gasteiger partial charge is 0.327 e. The van der Waals surface area contributed by atoms with Crippen molar-refractivity contribution in [2.45, 2.75) is 52.1 Å². The predicted octanol–water partition coefficient (Wildman–Crippen LogP) is 3.51. The molecule has 2 aromatic rings. The molecule has 3 nitrogen and oxygen atoms in total. The van der Waals surface area contributed by atoms with Crippen LogP contribution in [-0.4, -0.2) is 22.1 Å². The Bertz CT molecular complexity index is 573. The summed E-state index contributed by atoms with van der Waals surface area (Å²) < 4.78 is 2.33. The molecule has 3 rings (SSSR count). The zero-order valence-electron chi connectivity index (χ0n) is 12.6. The van der Waals surface area contributed by atoms with Crippen LogP contribution in [0.25, 0.3) is 11.0 Å². The van der Waals surface area contributed by atoms with E-state index in [-0.39, 0.29) is 0 Å². The van der Waals surface area contributed by atoms with Gasteiger partial charge in [-0.3, -0.25) is 0 Å². The number of aromatic nitrogens is 2. The van der Waals surface area contributed by atoms with Crippen LogP contribution >= 0.6 is 0 Å². The quantitative estimate of drug-likeness (QED) is 0.922. The molecule has 1 heterocycles. The van der Waals surface area contributed by atoms with Gasteiger partial charge in [0.1, 0.15) is 5.82 Å². The van der Waals surface area contributed by atoms with Gasteiger partial charge in [-0.1, -0.05) is 31.9 Å². The van der Waals surface area contributed by atoms with Crippen LogP contribution in [0.15, 0.2) is 24.3 Å². The minimum atomic E-state index is 0.717. The minimum absolute atomic E-state index is 0.717. The summed E-state index contributed by atoms with van der Waals surface area (Å²) >= 11 is 0. The van der Waals surface area contributed by atoms with Gasteiger partial charge < -0.3 is 9.88 Å². The number of aryl methyl sites for hydroxylation is 1. The first-order valence-electron chi connectivity index (χ1n) is 7.89. The van der Waals surface area contributed by atoms with Crippen molar-refractivity contribution >= 4 is 11.0 Å². The van der Waals surface area contributed by atoms with Crippen LogP contribution in [0.1, 0.15) is 38.4 Å². The maximum absolute atomic E-state index is 4.63. The Morgan fingerprint density at radius 1 is 1.30 bits per heavy atom. The second kappa shape index (κ2) is 5.96. The van der Waals surface area contributed by atoms with Crippen LogP contribution in [0.5, 0.6) is 0 Å². The van der Waals surface area contributed by atoms with Gasteiger partial charge in [0.25, 0.3) is 0 Å². The van der Waals surface area contributed by atoms with Gasteiger partial charge in [0, 0.05) is 19.1 Å². The fourth-order valence-electron chi connectivity index (χ4n) is 3.48. The van der Waals surface area contributed by atoms with E-state index in [2.05, 4.69) is 53.0 Å². The first-order chi connectivity index (χ1) is 9.74. The molecule has 1 aliphatic carbocycles. The molecule has 1 aliphatic rings. The van der Waals surface area contributed by atoms with Crippen LogP contribution < -0.4 is 5.32 Å². The molecule has 0 aliphatic heterocycles. The lowest BCUT2D eigenvalue weighted by atomic mass is 9.87. The van der Waals surface area contributed by atoms with Crippen molar-refractivity contribution in [3.63, 3.8) is 0 Å². The van der Waals surface area contributed by atoms with Crippen LogP contribution in [0.2, 0.25) is 0 Å². The summed E-state index contributed by atoms with van der Waals surface area (Å²) in [4.78, 5) is 4.63. The molecule has 108 valence electrons. The smallest absolute Gasteiger partial charge is 0.106 e. The number of benzene rings is 1. The molecular formula is C17H25N3. The lowest BCUT2D eigenvalue weighted by Crippen LogP contribution is -2.35. The van der Waals surface area contributed by atoms with Gasteiger partial charge >= 0.3 is 0 Å². The Labute approximate surface area is 121 Å². The zero-order valence-corrected chi connectivity index (χ0v) is 12.6. The fourth-order valence-corrected chi connectivity index (χ4v) is 3.48. The van der Waals surface area contributed by atoms with Crippen molar-refractivity contribution in [2.24, 2.45) is 5.92 Å². The van der Waals surface area contributed by atoms with E-state index in [9.17, 15) is 0 Å². The van der Waals surface area contributed by atoms with Gasteiger partial charge in [0.15, 0.2) is 0 Å². The Morgan fingerprint density at radius 3 is 3.00 bits per heavy atom. The van der Waals surface area contributed by atoms with Crippen molar-refractivity contribution < 1.29 is 0 Å². The molecule has 1 saturated carbocycles. The molecule has 0 radical (unpaired) electrons. The Morgan fingerprint density at radius 2 is 2.15 bits per heavy atom. The highest BCUT2D eigenvalue weighted by Crippen LogP contribution is 2.23. The van der Waals surface area contributed by atoms with Crippen molar-refractivity contribution in [1.82, 2.24) is 14.9 Å². The summed E-state index contributed by atoms with van der Waals surface area (Å²) in [7, 11) is 0. The Hall–Kier alpha value is -1.35.